The van der Waals surface area contributed by atoms with Crippen LogP contribution in [0, 0.1) is 0 Å². The summed E-state index contributed by atoms with van der Waals surface area (Å²) in [7, 11) is -0.202. The Balaban J connectivity index is 1.68. The smallest absolute Gasteiger partial charge is 0.234 e. The molecule has 3 N–H and O–H groups in total. The topological polar surface area (TPSA) is 155 Å². The van der Waals surface area contributed by atoms with Gasteiger partial charge in [-0.2, -0.15) is 5.10 Å². The normalized spacial score (nSPS) is 11.1. The standard InChI is InChI=1S/C22H24N6O6S/c1-32-17-6-4-3-5-16(17)28(35(30)31)22-21-18(33-2)7-14(8-19(21)34-26-22)12-27-13-15(11-25-27)10-24-20(29)9-23/h3-8,11,13,35H,9-10,12,23H2,1-2H3,(H,24,29). The number of nitrogens with two attached hydrogens (primary N) is 1. The number of hydrogen-bond acceptors (Lipinski definition) is 9. The summed E-state index contributed by atoms with van der Waals surface area (Å²) in [6, 6.07) is 10.2. The summed E-state index contributed by atoms with van der Waals surface area (Å²) in [5.41, 5.74) is 7.53. The molecular weight excluding hydrogens is 476 g/mol. The van der Waals surface area contributed by atoms with E-state index < -0.39 is 10.9 Å². The van der Waals surface area contributed by atoms with E-state index in [-0.39, 0.29) is 18.3 Å². The second-order valence-electron chi connectivity index (χ2n) is 7.43. The van der Waals surface area contributed by atoms with Crippen LogP contribution >= 0.6 is 0 Å². The lowest BCUT2D eigenvalue weighted by atomic mass is 10.1. The molecule has 2 aromatic heterocycles. The van der Waals surface area contributed by atoms with Crippen molar-refractivity contribution < 1.29 is 27.2 Å². The average Bonchev–Trinajstić information content (AvgIpc) is 3.49. The molecular formula is C22H24N6O6S. The zero-order valence-corrected chi connectivity index (χ0v) is 19.9. The van der Waals surface area contributed by atoms with Crippen LogP contribution in [0.2, 0.25) is 0 Å². The number of fused-ring (bicyclic) bond motifs is 1. The number of anilines is 2. The third-order valence-electron chi connectivity index (χ3n) is 5.18. The maximum Gasteiger partial charge on any atom is 0.234 e. The predicted molar refractivity (Wildman–Crippen MR) is 128 cm³/mol. The van der Waals surface area contributed by atoms with Gasteiger partial charge < -0.3 is 25.0 Å². The van der Waals surface area contributed by atoms with Gasteiger partial charge in [0.1, 0.15) is 22.6 Å². The van der Waals surface area contributed by atoms with Crippen LogP contribution in [0.25, 0.3) is 11.0 Å². The second-order valence-corrected chi connectivity index (χ2v) is 8.30. The van der Waals surface area contributed by atoms with E-state index in [1.54, 1.807) is 53.5 Å². The first-order chi connectivity index (χ1) is 16.9. The van der Waals surface area contributed by atoms with Crippen molar-refractivity contribution in [1.82, 2.24) is 20.3 Å². The lowest BCUT2D eigenvalue weighted by Gasteiger charge is -2.18. The maximum atomic E-state index is 12.3. The van der Waals surface area contributed by atoms with Gasteiger partial charge in [-0.3, -0.25) is 9.48 Å². The van der Waals surface area contributed by atoms with Crippen LogP contribution in [0.4, 0.5) is 11.5 Å². The number of para-hydroxylation sites is 2. The molecule has 0 atom stereocenters. The third kappa shape index (κ3) is 5.05. The number of benzene rings is 2. The molecule has 0 aliphatic rings. The van der Waals surface area contributed by atoms with Gasteiger partial charge in [-0.1, -0.05) is 17.3 Å². The van der Waals surface area contributed by atoms with Gasteiger partial charge in [0, 0.05) is 18.3 Å². The highest BCUT2D eigenvalue weighted by Crippen LogP contribution is 2.41. The SMILES string of the molecule is COc1ccccc1N(c1noc2cc(Cn3cc(CNC(=O)CN)cn3)cc(OC)c12)[SH](=O)=O. The zero-order valence-electron chi connectivity index (χ0n) is 19.0. The number of hydrogen-bond donors (Lipinski definition) is 3. The molecule has 13 heteroatoms. The van der Waals surface area contributed by atoms with Gasteiger partial charge in [-0.15, -0.1) is 0 Å². The number of carbonyl (C=O) groups is 1. The van der Waals surface area contributed by atoms with Crippen LogP contribution in [0.3, 0.4) is 0 Å². The average molecular weight is 501 g/mol. The van der Waals surface area contributed by atoms with E-state index in [2.05, 4.69) is 15.6 Å². The number of aromatic nitrogens is 3. The fourth-order valence-electron chi connectivity index (χ4n) is 3.60. The number of thiol groups is 1. The molecule has 1 amide bonds. The van der Waals surface area contributed by atoms with E-state index in [1.807, 2.05) is 0 Å². The van der Waals surface area contributed by atoms with Gasteiger partial charge in [0.2, 0.25) is 22.6 Å². The van der Waals surface area contributed by atoms with Crippen LogP contribution in [-0.2, 0) is 28.8 Å². The third-order valence-corrected chi connectivity index (χ3v) is 5.91. The molecule has 0 unspecified atom stereocenters. The Bertz CT molecular complexity index is 1420. The van der Waals surface area contributed by atoms with E-state index in [9.17, 15) is 13.2 Å². The number of rotatable bonds is 10. The van der Waals surface area contributed by atoms with Gasteiger partial charge in [-0.25, -0.2) is 12.7 Å². The van der Waals surface area contributed by atoms with Gasteiger partial charge in [0.25, 0.3) is 0 Å². The van der Waals surface area contributed by atoms with E-state index >= 15 is 0 Å². The fourth-order valence-corrected chi connectivity index (χ4v) is 4.23. The summed E-state index contributed by atoms with van der Waals surface area (Å²) in [5, 5.41) is 11.4. The minimum Gasteiger partial charge on any atom is -0.496 e. The van der Waals surface area contributed by atoms with Crippen molar-refractivity contribution in [2.45, 2.75) is 13.1 Å². The monoisotopic (exact) mass is 500 g/mol. The van der Waals surface area contributed by atoms with Crippen LogP contribution in [0.1, 0.15) is 11.1 Å². The van der Waals surface area contributed by atoms with Crippen LogP contribution in [-0.4, -0.2) is 50.0 Å². The molecule has 0 aliphatic carbocycles. The highest BCUT2D eigenvalue weighted by Gasteiger charge is 2.25. The first-order valence-electron chi connectivity index (χ1n) is 10.5. The number of carbonyl (C=O) groups excluding carboxylic acids is 1. The van der Waals surface area contributed by atoms with Gasteiger partial charge >= 0.3 is 0 Å². The lowest BCUT2D eigenvalue weighted by molar-refractivity contribution is -0.119. The summed E-state index contributed by atoms with van der Waals surface area (Å²) in [6.07, 6.45) is 3.44. The second kappa shape index (κ2) is 10.4. The molecule has 0 spiro atoms. The molecule has 4 rings (SSSR count). The fraction of sp³-hybridized carbons (Fsp3) is 0.227. The van der Waals surface area contributed by atoms with Crippen molar-refractivity contribution in [3.63, 3.8) is 0 Å². The van der Waals surface area contributed by atoms with Crippen molar-refractivity contribution in [2.75, 3.05) is 25.1 Å². The first-order valence-corrected chi connectivity index (χ1v) is 11.6. The Morgan fingerprint density at radius 2 is 1.94 bits per heavy atom. The number of nitrogens with one attached hydrogen (secondary N) is 1. The molecule has 2 aromatic carbocycles. The van der Waals surface area contributed by atoms with Crippen LogP contribution < -0.4 is 24.8 Å². The minimum atomic E-state index is -3.13. The summed E-state index contributed by atoms with van der Waals surface area (Å²) in [4.78, 5) is 11.4. The molecule has 0 fully saturated rings. The Morgan fingerprint density at radius 3 is 2.66 bits per heavy atom. The Kier molecular flexibility index (Phi) is 7.17. The Morgan fingerprint density at radius 1 is 1.17 bits per heavy atom. The summed E-state index contributed by atoms with van der Waals surface area (Å²) < 4.78 is 43.7. The molecule has 2 heterocycles. The minimum absolute atomic E-state index is 0.0565. The zero-order chi connectivity index (χ0) is 24.9. The first kappa shape index (κ1) is 24.0. The van der Waals surface area contributed by atoms with Crippen molar-refractivity contribution in [1.29, 1.82) is 0 Å². The van der Waals surface area contributed by atoms with E-state index in [4.69, 9.17) is 19.7 Å². The maximum absolute atomic E-state index is 12.3. The summed E-state index contributed by atoms with van der Waals surface area (Å²) in [6.45, 7) is 0.609. The summed E-state index contributed by atoms with van der Waals surface area (Å²) in [5.74, 6) is 0.542. The molecule has 0 bridgehead atoms. The van der Waals surface area contributed by atoms with E-state index in [1.165, 1.54) is 14.2 Å². The molecule has 0 saturated carbocycles. The Labute approximate surface area is 202 Å². The van der Waals surface area contributed by atoms with Crippen molar-refractivity contribution in [3.8, 4) is 11.5 Å². The molecule has 12 nitrogen and oxygen atoms in total. The Hall–Kier alpha value is -4.10. The van der Waals surface area contributed by atoms with E-state index in [0.29, 0.717) is 41.2 Å². The highest BCUT2D eigenvalue weighted by molar-refractivity contribution is 7.74. The molecule has 184 valence electrons. The number of nitrogens with zero attached hydrogens (tertiary/aromatic N) is 4. The van der Waals surface area contributed by atoms with Gasteiger partial charge in [-0.05, 0) is 29.8 Å². The number of methoxy groups -OCH3 is 2. The van der Waals surface area contributed by atoms with Crippen molar-refractivity contribution >= 4 is 39.3 Å². The van der Waals surface area contributed by atoms with Gasteiger partial charge in [0.05, 0.1) is 33.5 Å². The van der Waals surface area contributed by atoms with E-state index in [0.717, 1.165) is 15.4 Å². The molecule has 0 radical (unpaired) electrons. The van der Waals surface area contributed by atoms with Crippen molar-refractivity contribution in [3.05, 3.63) is 59.9 Å². The number of amides is 1. The largest absolute Gasteiger partial charge is 0.496 e. The molecule has 0 aliphatic heterocycles. The van der Waals surface area contributed by atoms with Crippen LogP contribution in [0.5, 0.6) is 11.5 Å². The molecule has 35 heavy (non-hydrogen) atoms. The predicted octanol–water partition coefficient (Wildman–Crippen LogP) is 1.33. The quantitative estimate of drug-likeness (QED) is 0.274. The number of ether oxygens (including phenoxy) is 2. The van der Waals surface area contributed by atoms with Crippen LogP contribution in [0.15, 0.2) is 53.3 Å². The molecule has 0 saturated heterocycles. The highest BCUT2D eigenvalue weighted by atomic mass is 32.2. The molecule has 4 aromatic rings. The lowest BCUT2D eigenvalue weighted by Crippen LogP contribution is -2.29. The summed E-state index contributed by atoms with van der Waals surface area (Å²) >= 11 is 0. The van der Waals surface area contributed by atoms with Crippen molar-refractivity contribution in [2.24, 2.45) is 5.73 Å². The van der Waals surface area contributed by atoms with Gasteiger partial charge in [0.15, 0.2) is 5.58 Å².